The van der Waals surface area contributed by atoms with E-state index in [9.17, 15) is 4.79 Å². The molecule has 2 heterocycles. The summed E-state index contributed by atoms with van der Waals surface area (Å²) in [7, 11) is 0. The maximum Gasteiger partial charge on any atom is 0.337 e. The summed E-state index contributed by atoms with van der Waals surface area (Å²) in [5.41, 5.74) is 4.34. The first-order chi connectivity index (χ1) is 15.2. The Bertz CT molecular complexity index is 1140. The Morgan fingerprint density at radius 3 is 2.42 bits per heavy atom. The van der Waals surface area contributed by atoms with Crippen molar-refractivity contribution in [1.82, 2.24) is 25.6 Å². The number of aromatic amines is 1. The van der Waals surface area contributed by atoms with Crippen molar-refractivity contribution in [2.24, 2.45) is 0 Å². The molecule has 0 atom stereocenters. The standard InChI is InChI=1S/C23H22N6O2/c1-2-13-29(21-12-11-18(14-24-21)23(30)31)15-16-7-9-17(10-8-16)19-5-3-4-6-20(19)22-25-27-28-26-22/h3-12,14H,2,13,15H2,1H3,(H,30,31)(H,25,26,27,28). The zero-order chi connectivity index (χ0) is 21.6. The molecule has 0 aliphatic heterocycles. The van der Waals surface area contributed by atoms with Gasteiger partial charge < -0.3 is 10.0 Å². The molecule has 0 bridgehead atoms. The van der Waals surface area contributed by atoms with Crippen LogP contribution in [0.4, 0.5) is 5.82 Å². The zero-order valence-corrected chi connectivity index (χ0v) is 17.1. The second-order valence-electron chi connectivity index (χ2n) is 7.11. The number of pyridine rings is 1. The molecular formula is C23H22N6O2. The third-order valence-electron chi connectivity index (χ3n) is 4.96. The van der Waals surface area contributed by atoms with Gasteiger partial charge in [-0.25, -0.2) is 9.78 Å². The molecule has 2 N–H and O–H groups in total. The van der Waals surface area contributed by atoms with E-state index in [-0.39, 0.29) is 5.56 Å². The van der Waals surface area contributed by atoms with Crippen molar-refractivity contribution in [3.63, 3.8) is 0 Å². The number of H-pyrrole nitrogens is 1. The Hall–Kier alpha value is -4.07. The lowest BCUT2D eigenvalue weighted by atomic mass is 9.98. The van der Waals surface area contributed by atoms with Crippen molar-refractivity contribution < 1.29 is 9.90 Å². The fourth-order valence-corrected chi connectivity index (χ4v) is 3.46. The Morgan fingerprint density at radius 1 is 1.03 bits per heavy atom. The number of nitrogens with one attached hydrogen (secondary N) is 1. The van der Waals surface area contributed by atoms with E-state index in [1.54, 1.807) is 12.1 Å². The van der Waals surface area contributed by atoms with E-state index in [1.165, 1.54) is 6.20 Å². The Morgan fingerprint density at radius 2 is 1.81 bits per heavy atom. The van der Waals surface area contributed by atoms with Crippen LogP contribution in [0.15, 0.2) is 66.9 Å². The average molecular weight is 414 g/mol. The Kier molecular flexibility index (Phi) is 5.98. The van der Waals surface area contributed by atoms with Gasteiger partial charge in [-0.3, -0.25) is 0 Å². The molecule has 0 aliphatic rings. The molecule has 31 heavy (non-hydrogen) atoms. The number of carboxylic acids is 1. The summed E-state index contributed by atoms with van der Waals surface area (Å²) in [4.78, 5) is 17.6. The quantitative estimate of drug-likeness (QED) is 0.448. The van der Waals surface area contributed by atoms with Crippen molar-refractivity contribution in [2.45, 2.75) is 19.9 Å². The minimum atomic E-state index is -0.974. The van der Waals surface area contributed by atoms with Crippen molar-refractivity contribution in [3.05, 3.63) is 78.0 Å². The number of benzene rings is 2. The summed E-state index contributed by atoms with van der Waals surface area (Å²) in [6.07, 6.45) is 2.36. The van der Waals surface area contributed by atoms with Crippen LogP contribution in [0.5, 0.6) is 0 Å². The summed E-state index contributed by atoms with van der Waals surface area (Å²) >= 11 is 0. The largest absolute Gasteiger partial charge is 0.478 e. The van der Waals surface area contributed by atoms with Gasteiger partial charge >= 0.3 is 5.97 Å². The molecule has 156 valence electrons. The normalized spacial score (nSPS) is 10.7. The number of nitrogens with zero attached hydrogens (tertiary/aromatic N) is 5. The Labute approximate surface area is 179 Å². The molecular weight excluding hydrogens is 392 g/mol. The van der Waals surface area contributed by atoms with E-state index in [2.05, 4.69) is 61.7 Å². The number of tetrazole rings is 1. The predicted octanol–water partition coefficient (Wildman–Crippen LogP) is 4.04. The van der Waals surface area contributed by atoms with Gasteiger partial charge in [0, 0.05) is 24.8 Å². The van der Waals surface area contributed by atoms with Crippen LogP contribution in [0.1, 0.15) is 29.3 Å². The third-order valence-corrected chi connectivity index (χ3v) is 4.96. The van der Waals surface area contributed by atoms with Gasteiger partial charge in [0.15, 0.2) is 0 Å². The highest BCUT2D eigenvalue weighted by atomic mass is 16.4. The second kappa shape index (κ2) is 9.17. The van der Waals surface area contributed by atoms with Crippen LogP contribution in [0, 0.1) is 0 Å². The van der Waals surface area contributed by atoms with Crippen LogP contribution in [0.25, 0.3) is 22.5 Å². The van der Waals surface area contributed by atoms with E-state index in [1.807, 2.05) is 24.3 Å². The minimum absolute atomic E-state index is 0.185. The number of hydrogen-bond donors (Lipinski definition) is 2. The van der Waals surface area contributed by atoms with Crippen molar-refractivity contribution in [2.75, 3.05) is 11.4 Å². The summed E-state index contributed by atoms with van der Waals surface area (Å²) in [6, 6.07) is 19.7. The van der Waals surface area contributed by atoms with Gasteiger partial charge in [-0.05, 0) is 40.5 Å². The van der Waals surface area contributed by atoms with E-state index in [0.717, 1.165) is 41.0 Å². The van der Waals surface area contributed by atoms with Crippen molar-refractivity contribution >= 4 is 11.8 Å². The zero-order valence-electron chi connectivity index (χ0n) is 17.1. The van der Waals surface area contributed by atoms with Crippen LogP contribution < -0.4 is 4.90 Å². The topological polar surface area (TPSA) is 108 Å². The van der Waals surface area contributed by atoms with Crippen LogP contribution in [0.3, 0.4) is 0 Å². The lowest BCUT2D eigenvalue weighted by molar-refractivity contribution is 0.0696. The number of aromatic nitrogens is 5. The van der Waals surface area contributed by atoms with Crippen LogP contribution >= 0.6 is 0 Å². The van der Waals surface area contributed by atoms with Gasteiger partial charge in [0.1, 0.15) is 5.82 Å². The van der Waals surface area contributed by atoms with Gasteiger partial charge in [-0.1, -0.05) is 55.5 Å². The van der Waals surface area contributed by atoms with Crippen LogP contribution in [-0.2, 0) is 6.54 Å². The smallest absolute Gasteiger partial charge is 0.337 e. The maximum atomic E-state index is 11.1. The average Bonchev–Trinajstić information content (AvgIpc) is 3.34. The number of rotatable bonds is 8. The molecule has 0 fully saturated rings. The van der Waals surface area contributed by atoms with Crippen molar-refractivity contribution in [1.29, 1.82) is 0 Å². The first kappa shape index (κ1) is 20.2. The molecule has 4 rings (SSSR count). The highest BCUT2D eigenvalue weighted by molar-refractivity contribution is 5.87. The summed E-state index contributed by atoms with van der Waals surface area (Å²) in [5, 5.41) is 23.5. The summed E-state index contributed by atoms with van der Waals surface area (Å²) < 4.78 is 0. The molecule has 0 amide bonds. The highest BCUT2D eigenvalue weighted by Gasteiger charge is 2.12. The van der Waals surface area contributed by atoms with E-state index in [4.69, 9.17) is 5.11 Å². The molecule has 2 aromatic carbocycles. The lowest BCUT2D eigenvalue weighted by Gasteiger charge is -2.23. The van der Waals surface area contributed by atoms with Gasteiger partial charge in [0.2, 0.25) is 5.82 Å². The number of anilines is 1. The summed E-state index contributed by atoms with van der Waals surface area (Å²) in [5.74, 6) is 0.348. The van der Waals surface area contributed by atoms with Crippen LogP contribution in [0.2, 0.25) is 0 Å². The second-order valence-corrected chi connectivity index (χ2v) is 7.11. The molecule has 4 aromatic rings. The summed E-state index contributed by atoms with van der Waals surface area (Å²) in [6.45, 7) is 3.61. The fourth-order valence-electron chi connectivity index (χ4n) is 3.46. The van der Waals surface area contributed by atoms with Gasteiger partial charge in [0.05, 0.1) is 5.56 Å². The Balaban J connectivity index is 1.56. The van der Waals surface area contributed by atoms with Gasteiger partial charge in [-0.15, -0.1) is 10.2 Å². The molecule has 0 unspecified atom stereocenters. The highest BCUT2D eigenvalue weighted by Crippen LogP contribution is 2.30. The first-order valence-electron chi connectivity index (χ1n) is 10.0. The molecule has 8 nitrogen and oxygen atoms in total. The number of hydrogen-bond acceptors (Lipinski definition) is 6. The molecule has 8 heteroatoms. The third kappa shape index (κ3) is 4.58. The fraction of sp³-hybridized carbons (Fsp3) is 0.174. The lowest BCUT2D eigenvalue weighted by Crippen LogP contribution is -2.24. The predicted molar refractivity (Wildman–Crippen MR) is 118 cm³/mol. The molecule has 0 aliphatic carbocycles. The van der Waals surface area contributed by atoms with E-state index in [0.29, 0.717) is 12.4 Å². The maximum absolute atomic E-state index is 11.1. The van der Waals surface area contributed by atoms with Gasteiger partial charge in [-0.2, -0.15) is 5.21 Å². The molecule has 0 radical (unpaired) electrons. The first-order valence-corrected chi connectivity index (χ1v) is 10.0. The van der Waals surface area contributed by atoms with Crippen LogP contribution in [-0.4, -0.2) is 43.2 Å². The van der Waals surface area contributed by atoms with Crippen molar-refractivity contribution in [3.8, 4) is 22.5 Å². The molecule has 2 aromatic heterocycles. The molecule has 0 spiro atoms. The monoisotopic (exact) mass is 414 g/mol. The van der Waals surface area contributed by atoms with E-state index < -0.39 is 5.97 Å². The number of aromatic carboxylic acids is 1. The minimum Gasteiger partial charge on any atom is -0.478 e. The molecule has 0 saturated carbocycles. The van der Waals surface area contributed by atoms with E-state index >= 15 is 0 Å². The molecule has 0 saturated heterocycles. The number of carbonyl (C=O) groups is 1. The number of carboxylic acid groups (broad SMARTS) is 1. The SMILES string of the molecule is CCCN(Cc1ccc(-c2ccccc2-c2nn[nH]n2)cc1)c1ccc(C(=O)O)cn1. The van der Waals surface area contributed by atoms with Gasteiger partial charge in [0.25, 0.3) is 0 Å².